The fourth-order valence-corrected chi connectivity index (χ4v) is 4.14. The number of rotatable bonds is 7. The zero-order chi connectivity index (χ0) is 21.6. The van der Waals surface area contributed by atoms with Crippen molar-refractivity contribution in [3.63, 3.8) is 0 Å². The monoisotopic (exact) mass is 421 g/mol. The molecule has 0 saturated carbocycles. The van der Waals surface area contributed by atoms with Crippen LogP contribution in [0.15, 0.2) is 78.9 Å². The van der Waals surface area contributed by atoms with Gasteiger partial charge in [0.25, 0.3) is 0 Å². The fourth-order valence-electron chi connectivity index (χ4n) is 4.14. The zero-order valence-corrected chi connectivity index (χ0v) is 17.1. The minimum atomic E-state index is -0.710. The summed E-state index contributed by atoms with van der Waals surface area (Å²) in [4.78, 5) is 16.1. The lowest BCUT2D eigenvalue weighted by atomic mass is 9.96. The van der Waals surface area contributed by atoms with Crippen LogP contribution in [0.4, 0.5) is 14.5 Å². The molecule has 4 nitrogen and oxygen atoms in total. The Morgan fingerprint density at radius 2 is 1.32 bits per heavy atom. The highest BCUT2D eigenvalue weighted by Crippen LogP contribution is 2.29. The molecule has 1 unspecified atom stereocenters. The van der Waals surface area contributed by atoms with E-state index in [1.54, 1.807) is 0 Å². The molecule has 1 aliphatic rings. The number of carbonyl (C=O) groups excluding carboxylic acids is 1. The summed E-state index contributed by atoms with van der Waals surface area (Å²) in [5.41, 5.74) is 2.56. The van der Waals surface area contributed by atoms with Crippen molar-refractivity contribution in [1.29, 1.82) is 0 Å². The third-order valence-electron chi connectivity index (χ3n) is 5.70. The van der Waals surface area contributed by atoms with Crippen LogP contribution in [0, 0.1) is 11.6 Å². The van der Waals surface area contributed by atoms with Crippen molar-refractivity contribution in [2.75, 3.05) is 31.5 Å². The maximum atomic E-state index is 14.0. The highest BCUT2D eigenvalue weighted by Gasteiger charge is 2.29. The van der Waals surface area contributed by atoms with Crippen LogP contribution < -0.4 is 5.32 Å². The van der Waals surface area contributed by atoms with Crippen LogP contribution in [-0.4, -0.2) is 48.4 Å². The van der Waals surface area contributed by atoms with Crippen molar-refractivity contribution in [2.24, 2.45) is 0 Å². The molecule has 0 aromatic heterocycles. The van der Waals surface area contributed by atoms with E-state index < -0.39 is 17.8 Å². The SMILES string of the molecule is O=CC(Nc1ccc(F)cc1F)N1CCN(C(c2ccccc2)c2ccccc2)CC1. The van der Waals surface area contributed by atoms with Crippen molar-refractivity contribution in [3.8, 4) is 0 Å². The molecule has 160 valence electrons. The number of carbonyl (C=O) groups is 1. The predicted octanol–water partition coefficient (Wildman–Crippen LogP) is 4.31. The van der Waals surface area contributed by atoms with E-state index in [0.717, 1.165) is 25.4 Å². The number of benzene rings is 3. The second-order valence-corrected chi connectivity index (χ2v) is 7.65. The fraction of sp³-hybridized carbons (Fsp3) is 0.240. The van der Waals surface area contributed by atoms with Crippen molar-refractivity contribution in [2.45, 2.75) is 12.2 Å². The first-order valence-electron chi connectivity index (χ1n) is 10.4. The van der Waals surface area contributed by atoms with Gasteiger partial charge in [-0.3, -0.25) is 14.6 Å². The lowest BCUT2D eigenvalue weighted by Gasteiger charge is -2.41. The van der Waals surface area contributed by atoms with Crippen molar-refractivity contribution < 1.29 is 13.6 Å². The minimum Gasteiger partial charge on any atom is -0.361 e. The van der Waals surface area contributed by atoms with E-state index in [0.29, 0.717) is 13.1 Å². The molecule has 1 heterocycles. The van der Waals surface area contributed by atoms with Gasteiger partial charge in [-0.2, -0.15) is 0 Å². The van der Waals surface area contributed by atoms with E-state index in [1.807, 2.05) is 41.3 Å². The quantitative estimate of drug-likeness (QED) is 0.577. The Balaban J connectivity index is 1.47. The number of hydrogen-bond acceptors (Lipinski definition) is 4. The Labute approximate surface area is 181 Å². The zero-order valence-electron chi connectivity index (χ0n) is 17.1. The summed E-state index contributed by atoms with van der Waals surface area (Å²) in [6.45, 7) is 2.81. The number of nitrogens with zero attached hydrogens (tertiary/aromatic N) is 2. The van der Waals surface area contributed by atoms with Crippen LogP contribution in [0.25, 0.3) is 0 Å². The standard InChI is InChI=1S/C25H25F2N3O/c26-21-11-12-23(22(27)17-21)28-24(18-31)29-13-15-30(16-14-29)25(19-7-3-1-4-8-19)20-9-5-2-6-10-20/h1-12,17-18,24-25,28H,13-16H2. The van der Waals surface area contributed by atoms with Gasteiger partial charge in [0.2, 0.25) is 0 Å². The van der Waals surface area contributed by atoms with Crippen molar-refractivity contribution in [3.05, 3.63) is 102 Å². The van der Waals surface area contributed by atoms with Crippen LogP contribution in [0.2, 0.25) is 0 Å². The average molecular weight is 421 g/mol. The van der Waals surface area contributed by atoms with Gasteiger partial charge in [0.05, 0.1) is 11.7 Å². The molecule has 1 atom stereocenters. The number of nitrogens with one attached hydrogen (secondary N) is 1. The molecule has 0 aliphatic carbocycles. The topological polar surface area (TPSA) is 35.6 Å². The molecule has 1 fully saturated rings. The number of halogens is 2. The Morgan fingerprint density at radius 3 is 1.84 bits per heavy atom. The van der Waals surface area contributed by atoms with Crippen LogP contribution >= 0.6 is 0 Å². The highest BCUT2D eigenvalue weighted by molar-refractivity contribution is 5.64. The van der Waals surface area contributed by atoms with Gasteiger partial charge in [0.15, 0.2) is 6.29 Å². The second kappa shape index (κ2) is 9.81. The normalized spacial score (nSPS) is 16.2. The summed E-state index contributed by atoms with van der Waals surface area (Å²) in [7, 11) is 0. The second-order valence-electron chi connectivity index (χ2n) is 7.65. The molecule has 31 heavy (non-hydrogen) atoms. The third kappa shape index (κ3) is 4.98. The minimum absolute atomic E-state index is 0.118. The summed E-state index contributed by atoms with van der Waals surface area (Å²) in [6, 6.07) is 24.2. The van der Waals surface area contributed by atoms with E-state index in [4.69, 9.17) is 0 Å². The van der Waals surface area contributed by atoms with E-state index in [2.05, 4.69) is 34.5 Å². The summed E-state index contributed by atoms with van der Waals surface area (Å²) < 4.78 is 27.2. The Bertz CT molecular complexity index is 953. The summed E-state index contributed by atoms with van der Waals surface area (Å²) in [5.74, 6) is -1.36. The summed E-state index contributed by atoms with van der Waals surface area (Å²) in [5, 5.41) is 2.90. The molecule has 4 rings (SSSR count). The van der Waals surface area contributed by atoms with Crippen molar-refractivity contribution in [1.82, 2.24) is 9.80 Å². The van der Waals surface area contributed by atoms with E-state index >= 15 is 0 Å². The van der Waals surface area contributed by atoms with Crippen LogP contribution in [-0.2, 0) is 4.79 Å². The number of anilines is 1. The highest BCUT2D eigenvalue weighted by atomic mass is 19.1. The molecular formula is C25H25F2N3O. The van der Waals surface area contributed by atoms with Gasteiger partial charge in [-0.05, 0) is 23.3 Å². The first-order chi connectivity index (χ1) is 15.2. The van der Waals surface area contributed by atoms with E-state index in [9.17, 15) is 13.6 Å². The molecule has 3 aromatic rings. The van der Waals surface area contributed by atoms with E-state index in [-0.39, 0.29) is 11.7 Å². The molecule has 0 amide bonds. The van der Waals surface area contributed by atoms with Gasteiger partial charge in [0, 0.05) is 32.2 Å². The maximum Gasteiger partial charge on any atom is 0.157 e. The lowest BCUT2D eigenvalue weighted by Crippen LogP contribution is -2.54. The smallest absolute Gasteiger partial charge is 0.157 e. The first-order valence-corrected chi connectivity index (χ1v) is 10.4. The van der Waals surface area contributed by atoms with Gasteiger partial charge in [-0.25, -0.2) is 8.78 Å². The molecule has 1 saturated heterocycles. The molecule has 1 N–H and O–H groups in total. The first kappa shape index (κ1) is 21.2. The predicted molar refractivity (Wildman–Crippen MR) is 118 cm³/mol. The van der Waals surface area contributed by atoms with Gasteiger partial charge < -0.3 is 5.32 Å². The lowest BCUT2D eigenvalue weighted by molar-refractivity contribution is -0.112. The van der Waals surface area contributed by atoms with Gasteiger partial charge in [-0.15, -0.1) is 0 Å². The van der Waals surface area contributed by atoms with Crippen LogP contribution in [0.1, 0.15) is 17.2 Å². The Hall–Kier alpha value is -3.09. The summed E-state index contributed by atoms with van der Waals surface area (Å²) >= 11 is 0. The number of hydrogen-bond donors (Lipinski definition) is 1. The largest absolute Gasteiger partial charge is 0.361 e. The van der Waals surface area contributed by atoms with Crippen molar-refractivity contribution >= 4 is 12.0 Å². The Morgan fingerprint density at radius 1 is 0.774 bits per heavy atom. The van der Waals surface area contributed by atoms with Crippen LogP contribution in [0.3, 0.4) is 0 Å². The maximum absolute atomic E-state index is 14.0. The van der Waals surface area contributed by atoms with Gasteiger partial charge in [0.1, 0.15) is 17.8 Å². The molecule has 0 bridgehead atoms. The summed E-state index contributed by atoms with van der Waals surface area (Å²) in [6.07, 6.45) is 0.0960. The average Bonchev–Trinajstić information content (AvgIpc) is 2.81. The van der Waals surface area contributed by atoms with Gasteiger partial charge in [-0.1, -0.05) is 60.7 Å². The molecule has 0 spiro atoms. The third-order valence-corrected chi connectivity index (χ3v) is 5.70. The molecule has 1 aliphatic heterocycles. The van der Waals surface area contributed by atoms with E-state index in [1.165, 1.54) is 23.3 Å². The molecular weight excluding hydrogens is 396 g/mol. The molecule has 6 heteroatoms. The van der Waals surface area contributed by atoms with Crippen LogP contribution in [0.5, 0.6) is 0 Å². The Kier molecular flexibility index (Phi) is 6.70. The number of aldehydes is 1. The molecule has 3 aromatic carbocycles. The molecule has 0 radical (unpaired) electrons. The van der Waals surface area contributed by atoms with Gasteiger partial charge >= 0.3 is 0 Å². The number of piperazine rings is 1.